The Morgan fingerprint density at radius 2 is 1.62 bits per heavy atom. The fourth-order valence-electron chi connectivity index (χ4n) is 3.71. The summed E-state index contributed by atoms with van der Waals surface area (Å²) >= 11 is 12.7. The lowest BCUT2D eigenvalue weighted by Crippen LogP contribution is -2.27. The number of aliphatic hydroxyl groups excluding tert-OH is 1. The van der Waals surface area contributed by atoms with E-state index in [4.69, 9.17) is 23.2 Å². The third kappa shape index (κ3) is 4.49. The normalized spacial score (nSPS) is 13.5. The first-order chi connectivity index (χ1) is 14.1. The molecule has 3 aromatic carbocycles. The summed E-state index contributed by atoms with van der Waals surface area (Å²) in [5.41, 5.74) is 4.14. The van der Waals surface area contributed by atoms with Gasteiger partial charge in [-0.2, -0.15) is 0 Å². The van der Waals surface area contributed by atoms with Crippen molar-refractivity contribution >= 4 is 34.1 Å². The number of H-pyrrole nitrogens is 1. The summed E-state index contributed by atoms with van der Waals surface area (Å²) in [5, 5.41) is 16.3. The van der Waals surface area contributed by atoms with Crippen LogP contribution in [0.15, 0.2) is 79.0 Å². The summed E-state index contributed by atoms with van der Waals surface area (Å²) in [4.78, 5) is 3.35. The van der Waals surface area contributed by atoms with Crippen molar-refractivity contribution in [2.24, 2.45) is 0 Å². The van der Waals surface area contributed by atoms with E-state index in [9.17, 15) is 5.11 Å². The molecule has 0 saturated heterocycles. The van der Waals surface area contributed by atoms with Crippen LogP contribution in [0.5, 0.6) is 0 Å². The maximum absolute atomic E-state index is 10.5. The van der Waals surface area contributed by atoms with Gasteiger partial charge in [0.25, 0.3) is 0 Å². The Hall–Kier alpha value is -2.30. The van der Waals surface area contributed by atoms with Crippen molar-refractivity contribution in [3.05, 3.63) is 106 Å². The monoisotopic (exact) mass is 424 g/mol. The topological polar surface area (TPSA) is 48.0 Å². The van der Waals surface area contributed by atoms with Gasteiger partial charge in [0, 0.05) is 46.2 Å². The van der Waals surface area contributed by atoms with E-state index in [0.29, 0.717) is 23.1 Å². The molecule has 0 fully saturated rings. The van der Waals surface area contributed by atoms with Crippen LogP contribution in [0.3, 0.4) is 0 Å². The molecule has 0 aliphatic heterocycles. The first-order valence-electron chi connectivity index (χ1n) is 9.58. The van der Waals surface area contributed by atoms with Gasteiger partial charge in [-0.05, 0) is 34.9 Å². The zero-order valence-corrected chi connectivity index (χ0v) is 17.3. The average Bonchev–Trinajstić information content (AvgIpc) is 3.16. The average molecular weight is 425 g/mol. The van der Waals surface area contributed by atoms with E-state index in [1.807, 2.05) is 60.8 Å². The van der Waals surface area contributed by atoms with Crippen molar-refractivity contribution in [3.8, 4) is 0 Å². The van der Waals surface area contributed by atoms with Crippen molar-refractivity contribution < 1.29 is 5.11 Å². The Morgan fingerprint density at radius 1 is 0.862 bits per heavy atom. The number of fused-ring (bicyclic) bond motifs is 1. The quantitative estimate of drug-likeness (QED) is 0.344. The summed E-state index contributed by atoms with van der Waals surface area (Å²) in [6.45, 7) is 1.08. The number of aliphatic hydroxyl groups is 1. The second-order valence-electron chi connectivity index (χ2n) is 7.09. The second kappa shape index (κ2) is 9.02. The molecule has 5 heteroatoms. The predicted molar refractivity (Wildman–Crippen MR) is 121 cm³/mol. The molecule has 0 unspecified atom stereocenters. The summed E-state index contributed by atoms with van der Waals surface area (Å²) in [7, 11) is 0. The van der Waals surface area contributed by atoms with Crippen LogP contribution in [0, 0.1) is 0 Å². The Kier molecular flexibility index (Phi) is 6.22. The molecular formula is C24H22Cl2N2O. The number of para-hydroxylation sites is 1. The summed E-state index contributed by atoms with van der Waals surface area (Å²) in [6, 6.07) is 23.5. The van der Waals surface area contributed by atoms with Gasteiger partial charge < -0.3 is 15.4 Å². The number of hydrogen-bond donors (Lipinski definition) is 3. The van der Waals surface area contributed by atoms with Crippen LogP contribution in [0.1, 0.15) is 28.7 Å². The van der Waals surface area contributed by atoms with E-state index in [2.05, 4.69) is 22.4 Å². The second-order valence-corrected chi connectivity index (χ2v) is 7.94. The smallest absolute Gasteiger partial charge is 0.0914 e. The molecule has 1 aromatic heterocycles. The molecule has 4 rings (SSSR count). The maximum atomic E-state index is 10.5. The van der Waals surface area contributed by atoms with Gasteiger partial charge in [0.1, 0.15) is 0 Å². The summed E-state index contributed by atoms with van der Waals surface area (Å²) in [6.07, 6.45) is 1.47. The van der Waals surface area contributed by atoms with Crippen molar-refractivity contribution in [3.63, 3.8) is 0 Å². The molecule has 3 N–H and O–H groups in total. The third-order valence-corrected chi connectivity index (χ3v) is 5.77. The van der Waals surface area contributed by atoms with Gasteiger partial charge >= 0.3 is 0 Å². The minimum Gasteiger partial charge on any atom is -0.387 e. The number of nitrogens with one attached hydrogen (secondary N) is 2. The number of rotatable bonds is 7. The fraction of sp³-hybridized carbons (Fsp3) is 0.167. The first-order valence-corrected chi connectivity index (χ1v) is 10.3. The largest absolute Gasteiger partial charge is 0.387 e. The van der Waals surface area contributed by atoms with E-state index in [-0.39, 0.29) is 5.92 Å². The van der Waals surface area contributed by atoms with Crippen molar-refractivity contribution in [2.75, 3.05) is 13.1 Å². The minimum absolute atomic E-state index is 0.0129. The molecule has 0 spiro atoms. The lowest BCUT2D eigenvalue weighted by Gasteiger charge is -2.21. The molecule has 148 valence electrons. The molecular weight excluding hydrogens is 403 g/mol. The SMILES string of the molecule is O[C@@H](CNC[C@@H](c1ccc(Cl)cc1Cl)c1c[nH]c2ccccc12)c1ccccc1. The Balaban J connectivity index is 1.60. The van der Waals surface area contributed by atoms with Crippen molar-refractivity contribution in [1.29, 1.82) is 0 Å². The van der Waals surface area contributed by atoms with Crippen LogP contribution in [0.25, 0.3) is 10.9 Å². The molecule has 4 aromatic rings. The third-order valence-electron chi connectivity index (χ3n) is 5.21. The molecule has 29 heavy (non-hydrogen) atoms. The van der Waals surface area contributed by atoms with E-state index >= 15 is 0 Å². The Morgan fingerprint density at radius 3 is 2.41 bits per heavy atom. The molecule has 2 atom stereocenters. The van der Waals surface area contributed by atoms with Gasteiger partial charge in [0.05, 0.1) is 6.10 Å². The van der Waals surface area contributed by atoms with Gasteiger partial charge in [-0.3, -0.25) is 0 Å². The van der Waals surface area contributed by atoms with Crippen LogP contribution in [-0.2, 0) is 0 Å². The standard InChI is InChI=1S/C24H22Cl2N2O/c25-17-10-11-18(22(26)12-17)20(21-14-28-23-9-5-4-8-19(21)23)13-27-15-24(29)16-6-2-1-3-7-16/h1-12,14,20,24,27-29H,13,15H2/t20-,24-/m0/s1. The molecule has 0 bridgehead atoms. The Labute approximate surface area is 180 Å². The van der Waals surface area contributed by atoms with Gasteiger partial charge in [-0.15, -0.1) is 0 Å². The number of benzene rings is 3. The van der Waals surface area contributed by atoms with Gasteiger partial charge in [-0.25, -0.2) is 0 Å². The minimum atomic E-state index is -0.569. The highest BCUT2D eigenvalue weighted by atomic mass is 35.5. The van der Waals surface area contributed by atoms with Gasteiger partial charge in [-0.1, -0.05) is 77.8 Å². The van der Waals surface area contributed by atoms with Crippen LogP contribution in [0.2, 0.25) is 10.0 Å². The highest BCUT2D eigenvalue weighted by molar-refractivity contribution is 6.35. The highest BCUT2D eigenvalue weighted by Gasteiger charge is 2.21. The highest BCUT2D eigenvalue weighted by Crippen LogP contribution is 2.35. The summed E-state index contributed by atoms with van der Waals surface area (Å²) in [5.74, 6) is 0.0129. The molecule has 0 radical (unpaired) electrons. The molecule has 3 nitrogen and oxygen atoms in total. The molecule has 0 saturated carbocycles. The van der Waals surface area contributed by atoms with Crippen LogP contribution in [0.4, 0.5) is 0 Å². The molecule has 1 heterocycles. The van der Waals surface area contributed by atoms with Crippen LogP contribution < -0.4 is 5.32 Å². The molecule has 0 amide bonds. The lowest BCUT2D eigenvalue weighted by atomic mass is 9.90. The zero-order chi connectivity index (χ0) is 20.2. The van der Waals surface area contributed by atoms with Gasteiger partial charge in [0.15, 0.2) is 0 Å². The van der Waals surface area contributed by atoms with Gasteiger partial charge in [0.2, 0.25) is 0 Å². The van der Waals surface area contributed by atoms with Crippen molar-refractivity contribution in [1.82, 2.24) is 10.3 Å². The molecule has 0 aliphatic carbocycles. The summed E-state index contributed by atoms with van der Waals surface area (Å²) < 4.78 is 0. The van der Waals surface area contributed by atoms with Crippen molar-refractivity contribution in [2.45, 2.75) is 12.0 Å². The Bertz CT molecular complexity index is 1090. The lowest BCUT2D eigenvalue weighted by molar-refractivity contribution is 0.174. The number of aromatic nitrogens is 1. The fourth-order valence-corrected chi connectivity index (χ4v) is 4.25. The zero-order valence-electron chi connectivity index (χ0n) is 15.8. The number of halogens is 2. The van der Waals surface area contributed by atoms with Crippen LogP contribution in [-0.4, -0.2) is 23.2 Å². The maximum Gasteiger partial charge on any atom is 0.0914 e. The van der Waals surface area contributed by atoms with E-state index in [1.54, 1.807) is 6.07 Å². The van der Waals surface area contributed by atoms with Crippen LogP contribution >= 0.6 is 23.2 Å². The first kappa shape index (κ1) is 20.0. The van der Waals surface area contributed by atoms with E-state index < -0.39 is 6.10 Å². The number of aromatic amines is 1. The van der Waals surface area contributed by atoms with E-state index in [1.165, 1.54) is 0 Å². The number of hydrogen-bond acceptors (Lipinski definition) is 2. The van der Waals surface area contributed by atoms with E-state index in [0.717, 1.165) is 27.6 Å². The molecule has 0 aliphatic rings. The predicted octanol–water partition coefficient (Wildman–Crippen LogP) is 5.93.